The minimum absolute atomic E-state index is 0.0122. The van der Waals surface area contributed by atoms with Gasteiger partial charge in [0.1, 0.15) is 11.9 Å². The SMILES string of the molecule is CC(C)Oc1cc(C(=O)Nc2ccc(C(=O)O)cn2)cc(O[C@@H](C)CO)n1. The van der Waals surface area contributed by atoms with Gasteiger partial charge in [-0.25, -0.2) is 9.78 Å². The van der Waals surface area contributed by atoms with Crippen molar-refractivity contribution in [1.29, 1.82) is 0 Å². The van der Waals surface area contributed by atoms with Gasteiger partial charge in [0.2, 0.25) is 11.8 Å². The number of aliphatic hydroxyl groups excluding tert-OH is 1. The number of hydrogen-bond acceptors (Lipinski definition) is 7. The monoisotopic (exact) mass is 375 g/mol. The first-order valence-corrected chi connectivity index (χ1v) is 8.25. The maximum Gasteiger partial charge on any atom is 0.337 e. The highest BCUT2D eigenvalue weighted by Crippen LogP contribution is 2.21. The van der Waals surface area contributed by atoms with E-state index in [0.29, 0.717) is 0 Å². The molecule has 0 unspecified atom stereocenters. The molecule has 9 nitrogen and oxygen atoms in total. The molecule has 2 rings (SSSR count). The molecule has 0 aliphatic carbocycles. The number of hydrogen-bond donors (Lipinski definition) is 3. The number of amides is 1. The third kappa shape index (κ3) is 5.93. The highest BCUT2D eigenvalue weighted by Gasteiger charge is 2.15. The lowest BCUT2D eigenvalue weighted by Gasteiger charge is -2.15. The summed E-state index contributed by atoms with van der Waals surface area (Å²) in [6, 6.07) is 5.60. The molecule has 2 aromatic rings. The quantitative estimate of drug-likeness (QED) is 0.638. The van der Waals surface area contributed by atoms with Gasteiger partial charge < -0.3 is 25.0 Å². The van der Waals surface area contributed by atoms with Crippen LogP contribution in [-0.2, 0) is 0 Å². The van der Waals surface area contributed by atoms with Gasteiger partial charge in [-0.2, -0.15) is 4.98 Å². The van der Waals surface area contributed by atoms with Gasteiger partial charge in [0.15, 0.2) is 0 Å². The van der Waals surface area contributed by atoms with Crippen LogP contribution in [0, 0.1) is 0 Å². The molecule has 0 fully saturated rings. The molecule has 2 heterocycles. The normalized spacial score (nSPS) is 11.7. The Morgan fingerprint density at radius 2 is 1.78 bits per heavy atom. The number of aliphatic hydroxyl groups is 1. The first kappa shape index (κ1) is 20.1. The fourth-order valence-electron chi connectivity index (χ4n) is 2.00. The van der Waals surface area contributed by atoms with E-state index in [1.807, 2.05) is 13.8 Å². The van der Waals surface area contributed by atoms with Crippen LogP contribution in [0.3, 0.4) is 0 Å². The van der Waals surface area contributed by atoms with E-state index < -0.39 is 18.0 Å². The molecule has 3 N–H and O–H groups in total. The number of carbonyl (C=O) groups excluding carboxylic acids is 1. The molecule has 0 aromatic carbocycles. The summed E-state index contributed by atoms with van der Waals surface area (Å²) in [6.45, 7) is 5.09. The van der Waals surface area contributed by atoms with Crippen LogP contribution in [0.4, 0.5) is 5.82 Å². The first-order valence-electron chi connectivity index (χ1n) is 8.25. The van der Waals surface area contributed by atoms with Gasteiger partial charge in [-0.15, -0.1) is 0 Å². The van der Waals surface area contributed by atoms with E-state index in [0.717, 1.165) is 6.20 Å². The third-order valence-corrected chi connectivity index (χ3v) is 3.23. The van der Waals surface area contributed by atoms with Crippen LogP contribution in [0.25, 0.3) is 0 Å². The number of nitrogens with one attached hydrogen (secondary N) is 1. The van der Waals surface area contributed by atoms with E-state index in [1.54, 1.807) is 6.92 Å². The van der Waals surface area contributed by atoms with Gasteiger partial charge in [0, 0.05) is 18.3 Å². The van der Waals surface area contributed by atoms with E-state index in [4.69, 9.17) is 19.7 Å². The molecule has 0 aliphatic heterocycles. The zero-order valence-electron chi connectivity index (χ0n) is 15.2. The number of aromatic nitrogens is 2. The highest BCUT2D eigenvalue weighted by atomic mass is 16.5. The van der Waals surface area contributed by atoms with E-state index in [-0.39, 0.29) is 41.4 Å². The molecule has 0 bridgehead atoms. The highest BCUT2D eigenvalue weighted by molar-refractivity contribution is 6.04. The summed E-state index contributed by atoms with van der Waals surface area (Å²) in [7, 11) is 0. The van der Waals surface area contributed by atoms with E-state index in [9.17, 15) is 9.59 Å². The number of anilines is 1. The molecule has 0 radical (unpaired) electrons. The number of aromatic carboxylic acids is 1. The number of carboxylic acid groups (broad SMARTS) is 1. The van der Waals surface area contributed by atoms with Crippen LogP contribution in [0.15, 0.2) is 30.5 Å². The van der Waals surface area contributed by atoms with Crippen molar-refractivity contribution in [2.24, 2.45) is 0 Å². The molecule has 2 aromatic heterocycles. The summed E-state index contributed by atoms with van der Waals surface area (Å²) < 4.78 is 11.0. The van der Waals surface area contributed by atoms with Crippen LogP contribution in [0.1, 0.15) is 41.5 Å². The Morgan fingerprint density at radius 3 is 2.30 bits per heavy atom. The van der Waals surface area contributed by atoms with Crippen LogP contribution >= 0.6 is 0 Å². The van der Waals surface area contributed by atoms with Crippen LogP contribution in [-0.4, -0.2) is 50.9 Å². The second-order valence-corrected chi connectivity index (χ2v) is 6.00. The van der Waals surface area contributed by atoms with Crippen molar-refractivity contribution in [3.63, 3.8) is 0 Å². The maximum absolute atomic E-state index is 12.5. The molecule has 144 valence electrons. The summed E-state index contributed by atoms with van der Waals surface area (Å²) in [5.74, 6) is -1.08. The van der Waals surface area contributed by atoms with E-state index in [1.165, 1.54) is 24.3 Å². The molecule has 27 heavy (non-hydrogen) atoms. The van der Waals surface area contributed by atoms with Crippen LogP contribution in [0.5, 0.6) is 11.8 Å². The predicted octanol–water partition coefficient (Wildman–Crippen LogP) is 1.97. The van der Waals surface area contributed by atoms with Crippen molar-refractivity contribution in [2.45, 2.75) is 33.0 Å². The molecular weight excluding hydrogens is 354 g/mol. The van der Waals surface area contributed by atoms with Crippen molar-refractivity contribution in [1.82, 2.24) is 9.97 Å². The van der Waals surface area contributed by atoms with Gasteiger partial charge in [0.25, 0.3) is 5.91 Å². The minimum Gasteiger partial charge on any atom is -0.478 e. The topological polar surface area (TPSA) is 131 Å². The van der Waals surface area contributed by atoms with Crippen LogP contribution in [0.2, 0.25) is 0 Å². The number of pyridine rings is 2. The smallest absolute Gasteiger partial charge is 0.337 e. The second-order valence-electron chi connectivity index (χ2n) is 6.00. The van der Waals surface area contributed by atoms with Gasteiger partial charge in [-0.05, 0) is 32.9 Å². The average molecular weight is 375 g/mol. The standard InChI is InChI=1S/C18H21N3O6/c1-10(2)26-15-6-13(7-16(21-15)27-11(3)9-22)17(23)20-14-5-4-12(8-19-14)18(24)25/h4-8,10-11,22H,9H2,1-3H3,(H,24,25)(H,19,20,23)/t11-/m0/s1. The summed E-state index contributed by atoms with van der Waals surface area (Å²) in [6.07, 6.45) is 0.479. The third-order valence-electron chi connectivity index (χ3n) is 3.23. The minimum atomic E-state index is -1.11. The molecule has 1 atom stereocenters. The summed E-state index contributed by atoms with van der Waals surface area (Å²) >= 11 is 0. The fraction of sp³-hybridized carbons (Fsp3) is 0.333. The van der Waals surface area contributed by atoms with Crippen LogP contribution < -0.4 is 14.8 Å². The van der Waals surface area contributed by atoms with Crippen molar-refractivity contribution < 1.29 is 29.3 Å². The predicted molar refractivity (Wildman–Crippen MR) is 96.3 cm³/mol. The van der Waals surface area contributed by atoms with Crippen molar-refractivity contribution in [3.8, 4) is 11.8 Å². The van der Waals surface area contributed by atoms with Crippen molar-refractivity contribution in [3.05, 3.63) is 41.6 Å². The molecule has 0 aliphatic rings. The fourth-order valence-corrected chi connectivity index (χ4v) is 2.00. The largest absolute Gasteiger partial charge is 0.478 e. The molecule has 0 saturated heterocycles. The lowest BCUT2D eigenvalue weighted by Crippen LogP contribution is -2.19. The van der Waals surface area contributed by atoms with Crippen molar-refractivity contribution in [2.75, 3.05) is 11.9 Å². The zero-order chi connectivity index (χ0) is 20.0. The molecule has 0 spiro atoms. The number of carboxylic acids is 1. The Labute approximate surface area is 156 Å². The Hall–Kier alpha value is -3.20. The van der Waals surface area contributed by atoms with E-state index in [2.05, 4.69) is 15.3 Å². The lowest BCUT2D eigenvalue weighted by molar-refractivity contribution is 0.0696. The Kier molecular flexibility index (Phi) is 6.67. The summed E-state index contributed by atoms with van der Waals surface area (Å²) in [5.41, 5.74) is 0.225. The average Bonchev–Trinajstić information content (AvgIpc) is 2.61. The maximum atomic E-state index is 12.5. The molecular formula is C18H21N3O6. The number of carbonyl (C=O) groups is 2. The second kappa shape index (κ2) is 8.95. The number of rotatable bonds is 8. The zero-order valence-corrected chi connectivity index (χ0v) is 15.2. The Bertz CT molecular complexity index is 807. The Morgan fingerprint density at radius 1 is 1.11 bits per heavy atom. The first-order chi connectivity index (χ1) is 12.8. The Balaban J connectivity index is 2.24. The van der Waals surface area contributed by atoms with E-state index >= 15 is 0 Å². The van der Waals surface area contributed by atoms with Gasteiger partial charge in [-0.1, -0.05) is 0 Å². The van der Waals surface area contributed by atoms with Gasteiger partial charge >= 0.3 is 5.97 Å². The number of ether oxygens (including phenoxy) is 2. The molecule has 9 heteroatoms. The lowest BCUT2D eigenvalue weighted by atomic mass is 10.2. The van der Waals surface area contributed by atoms with Crippen molar-refractivity contribution >= 4 is 17.7 Å². The summed E-state index contributed by atoms with van der Waals surface area (Å²) in [4.78, 5) is 31.4. The van der Waals surface area contributed by atoms with Gasteiger partial charge in [-0.3, -0.25) is 4.79 Å². The number of nitrogens with zero attached hydrogens (tertiary/aromatic N) is 2. The van der Waals surface area contributed by atoms with Gasteiger partial charge in [0.05, 0.1) is 23.8 Å². The molecule has 1 amide bonds. The summed E-state index contributed by atoms with van der Waals surface area (Å²) in [5, 5.41) is 20.6. The molecule has 0 saturated carbocycles.